The van der Waals surface area contributed by atoms with E-state index >= 15 is 0 Å². The van der Waals surface area contributed by atoms with Crippen LogP contribution in [0.5, 0.6) is 0 Å². The summed E-state index contributed by atoms with van der Waals surface area (Å²) in [5.41, 5.74) is 0. The first-order chi connectivity index (χ1) is 7.20. The highest BCUT2D eigenvalue weighted by atomic mass is 16.3. The zero-order chi connectivity index (χ0) is 11.1. The maximum Gasteiger partial charge on any atom is 0.220 e. The maximum absolute atomic E-state index is 10.4. The van der Waals surface area contributed by atoms with E-state index in [9.17, 15) is 9.59 Å². The largest absolute Gasteiger partial charge is 0.504 e. The number of allylic oxidation sites excluding steroid dienone is 3. The molecule has 15 heavy (non-hydrogen) atoms. The summed E-state index contributed by atoms with van der Waals surface area (Å²) >= 11 is 0. The van der Waals surface area contributed by atoms with Crippen LogP contribution < -0.4 is 0 Å². The molecule has 4 heteroatoms. The van der Waals surface area contributed by atoms with Gasteiger partial charge < -0.3 is 5.11 Å². The van der Waals surface area contributed by atoms with E-state index in [4.69, 9.17) is 5.11 Å². The van der Waals surface area contributed by atoms with Crippen molar-refractivity contribution >= 4 is 11.6 Å². The number of carbonyl (C=O) groups is 2. The van der Waals surface area contributed by atoms with Crippen LogP contribution >= 0.6 is 0 Å². The maximum atomic E-state index is 10.4. The molecule has 0 aliphatic heterocycles. The average molecular weight is 203 g/mol. The third kappa shape index (κ3) is 3.99. The van der Waals surface area contributed by atoms with Gasteiger partial charge in [0.05, 0.1) is 0 Å². The fraction of sp³-hybridized carbons (Fsp3) is 0. The van der Waals surface area contributed by atoms with Crippen LogP contribution in [0, 0.1) is 0 Å². The Balaban J connectivity index is 0.000000162. The molecule has 0 fully saturated rings. The highest BCUT2D eigenvalue weighted by molar-refractivity contribution is 6.15. The number of aromatic nitrogens is 1. The van der Waals surface area contributed by atoms with E-state index in [0.717, 1.165) is 18.2 Å². The molecule has 4 nitrogen and oxygen atoms in total. The Kier molecular flexibility index (Phi) is 3.97. The van der Waals surface area contributed by atoms with Crippen LogP contribution in [-0.2, 0) is 9.59 Å². The Morgan fingerprint density at radius 3 is 2.00 bits per heavy atom. The van der Waals surface area contributed by atoms with Gasteiger partial charge in [-0.2, -0.15) is 0 Å². The van der Waals surface area contributed by atoms with Crippen molar-refractivity contribution in [2.45, 2.75) is 0 Å². The van der Waals surface area contributed by atoms with Crippen molar-refractivity contribution in [1.82, 2.24) is 4.98 Å². The summed E-state index contributed by atoms with van der Waals surface area (Å²) < 4.78 is 0. The lowest BCUT2D eigenvalue weighted by Gasteiger charge is -1.95. The van der Waals surface area contributed by atoms with Gasteiger partial charge in [0.15, 0.2) is 11.5 Å². The summed E-state index contributed by atoms with van der Waals surface area (Å²) in [6.45, 7) is 0. The van der Waals surface area contributed by atoms with Gasteiger partial charge >= 0.3 is 0 Å². The third-order valence-electron chi connectivity index (χ3n) is 1.50. The number of aliphatic hydroxyl groups excluding tert-OH is 1. The summed E-state index contributed by atoms with van der Waals surface area (Å²) in [5, 5.41) is 8.59. The van der Waals surface area contributed by atoms with Gasteiger partial charge in [0.2, 0.25) is 5.78 Å². The second kappa shape index (κ2) is 5.49. The molecule has 1 N–H and O–H groups in total. The number of carbonyl (C=O) groups excluding carboxylic acids is 2. The number of rotatable bonds is 0. The first-order valence-electron chi connectivity index (χ1n) is 4.22. The number of pyridine rings is 1. The van der Waals surface area contributed by atoms with Gasteiger partial charge in [0.1, 0.15) is 0 Å². The molecule has 1 aromatic rings. The molecule has 1 aliphatic carbocycles. The Morgan fingerprint density at radius 1 is 1.00 bits per heavy atom. The Hall–Kier alpha value is -2.23. The minimum Gasteiger partial charge on any atom is -0.504 e. The minimum atomic E-state index is -0.519. The highest BCUT2D eigenvalue weighted by Gasteiger charge is 2.09. The second-order valence-corrected chi connectivity index (χ2v) is 2.65. The zero-order valence-electron chi connectivity index (χ0n) is 7.83. The Bertz CT molecular complexity index is 380. The predicted molar refractivity (Wildman–Crippen MR) is 54.1 cm³/mol. The lowest BCUT2D eigenvalue weighted by molar-refractivity contribution is -0.116. The lowest BCUT2D eigenvalue weighted by atomic mass is 10.1. The molecule has 1 aromatic heterocycles. The van der Waals surface area contributed by atoms with E-state index in [1.807, 2.05) is 18.2 Å². The molecule has 2 rings (SSSR count). The van der Waals surface area contributed by atoms with E-state index in [1.54, 1.807) is 12.4 Å². The molecule has 0 unspecified atom stereocenters. The minimum absolute atomic E-state index is 0.355. The Morgan fingerprint density at radius 2 is 1.67 bits per heavy atom. The van der Waals surface area contributed by atoms with Crippen LogP contribution in [0.2, 0.25) is 0 Å². The summed E-state index contributed by atoms with van der Waals surface area (Å²) in [5.74, 6) is -1.36. The first-order valence-corrected chi connectivity index (χ1v) is 4.22. The molecule has 0 spiro atoms. The zero-order valence-corrected chi connectivity index (χ0v) is 7.83. The van der Waals surface area contributed by atoms with E-state index < -0.39 is 11.5 Å². The van der Waals surface area contributed by atoms with Gasteiger partial charge in [-0.05, 0) is 24.3 Å². The number of hydrogen-bond acceptors (Lipinski definition) is 4. The molecular weight excluding hydrogens is 194 g/mol. The quantitative estimate of drug-likeness (QED) is 0.644. The number of aliphatic hydroxyl groups is 1. The summed E-state index contributed by atoms with van der Waals surface area (Å²) in [7, 11) is 0. The molecule has 0 bridgehead atoms. The van der Waals surface area contributed by atoms with Crippen LogP contribution in [0.25, 0.3) is 0 Å². The summed E-state index contributed by atoms with van der Waals surface area (Å²) in [4.78, 5) is 24.5. The fourth-order valence-electron chi connectivity index (χ4n) is 0.810. The van der Waals surface area contributed by atoms with Crippen LogP contribution in [0.15, 0.2) is 54.6 Å². The molecule has 0 aromatic carbocycles. The van der Waals surface area contributed by atoms with Crippen molar-refractivity contribution in [3.63, 3.8) is 0 Å². The number of hydrogen-bond donors (Lipinski definition) is 1. The molecule has 1 heterocycles. The van der Waals surface area contributed by atoms with Crippen molar-refractivity contribution in [2.24, 2.45) is 0 Å². The van der Waals surface area contributed by atoms with Crippen molar-refractivity contribution in [3.05, 3.63) is 54.6 Å². The van der Waals surface area contributed by atoms with Crippen LogP contribution in [0.3, 0.4) is 0 Å². The molecule has 0 saturated heterocycles. The second-order valence-electron chi connectivity index (χ2n) is 2.65. The average Bonchev–Trinajstić information content (AvgIpc) is 2.27. The summed E-state index contributed by atoms with van der Waals surface area (Å²) in [6, 6.07) is 5.72. The van der Waals surface area contributed by atoms with Crippen LogP contribution in [0.1, 0.15) is 0 Å². The van der Waals surface area contributed by atoms with Gasteiger partial charge in [-0.3, -0.25) is 14.6 Å². The first kappa shape index (κ1) is 10.8. The molecule has 0 amide bonds. The standard InChI is InChI=1S/C6H4O3.C5H5N/c7-4-1-2-5(8)6(9)3-4;1-2-4-6-5-3-1/h1-3,9H;1-5H. The molecular formula is C11H9NO3. The molecule has 76 valence electrons. The SMILES string of the molecule is O=C1C=CC(=O)C(O)=C1.c1ccncc1. The van der Waals surface area contributed by atoms with E-state index in [2.05, 4.69) is 4.98 Å². The normalized spacial score (nSPS) is 14.0. The molecule has 0 saturated carbocycles. The number of nitrogens with zero attached hydrogens (tertiary/aromatic N) is 1. The van der Waals surface area contributed by atoms with Crippen molar-refractivity contribution in [1.29, 1.82) is 0 Å². The smallest absolute Gasteiger partial charge is 0.220 e. The van der Waals surface area contributed by atoms with Gasteiger partial charge in [0, 0.05) is 18.5 Å². The fourth-order valence-corrected chi connectivity index (χ4v) is 0.810. The van der Waals surface area contributed by atoms with Gasteiger partial charge in [-0.25, -0.2) is 0 Å². The molecule has 1 aliphatic rings. The van der Waals surface area contributed by atoms with Gasteiger partial charge in [-0.1, -0.05) is 6.07 Å². The highest BCUT2D eigenvalue weighted by Crippen LogP contribution is 1.99. The van der Waals surface area contributed by atoms with E-state index in [1.165, 1.54) is 0 Å². The van der Waals surface area contributed by atoms with Gasteiger partial charge in [0.25, 0.3) is 0 Å². The lowest BCUT2D eigenvalue weighted by Crippen LogP contribution is -2.05. The molecule has 0 atom stereocenters. The van der Waals surface area contributed by atoms with Crippen LogP contribution in [0.4, 0.5) is 0 Å². The van der Waals surface area contributed by atoms with Gasteiger partial charge in [-0.15, -0.1) is 0 Å². The monoisotopic (exact) mass is 203 g/mol. The van der Waals surface area contributed by atoms with Crippen molar-refractivity contribution in [3.8, 4) is 0 Å². The van der Waals surface area contributed by atoms with Crippen molar-refractivity contribution < 1.29 is 14.7 Å². The van der Waals surface area contributed by atoms with Crippen LogP contribution in [-0.4, -0.2) is 21.7 Å². The van der Waals surface area contributed by atoms with E-state index in [0.29, 0.717) is 0 Å². The number of ketones is 2. The van der Waals surface area contributed by atoms with Crippen molar-refractivity contribution in [2.75, 3.05) is 0 Å². The van der Waals surface area contributed by atoms with E-state index in [-0.39, 0.29) is 5.78 Å². The topological polar surface area (TPSA) is 67.3 Å². The third-order valence-corrected chi connectivity index (χ3v) is 1.50. The Labute approximate surface area is 86.6 Å². The summed E-state index contributed by atoms with van der Waals surface area (Å²) in [6.07, 6.45) is 6.54. The predicted octanol–water partition coefficient (Wildman–Crippen LogP) is 1.22. The molecule has 0 radical (unpaired) electrons.